The molecule has 1 aromatic heterocycles. The summed E-state index contributed by atoms with van der Waals surface area (Å²) >= 11 is 0. The molecule has 4 heteroatoms. The zero-order valence-electron chi connectivity index (χ0n) is 9.75. The highest BCUT2D eigenvalue weighted by Crippen LogP contribution is 2.35. The minimum absolute atomic E-state index is 0.105. The van der Waals surface area contributed by atoms with Crippen LogP contribution in [0.4, 0.5) is 5.82 Å². The van der Waals surface area contributed by atoms with E-state index in [9.17, 15) is 4.79 Å². The Morgan fingerprint density at radius 3 is 2.88 bits per heavy atom. The van der Waals surface area contributed by atoms with Crippen molar-refractivity contribution in [3.8, 4) is 0 Å². The highest BCUT2D eigenvalue weighted by molar-refractivity contribution is 5.31. The molecule has 16 heavy (non-hydrogen) atoms. The lowest BCUT2D eigenvalue weighted by molar-refractivity contribution is 0.233. The highest BCUT2D eigenvalue weighted by Gasteiger charge is 2.26. The van der Waals surface area contributed by atoms with E-state index in [-0.39, 0.29) is 5.56 Å². The van der Waals surface area contributed by atoms with Gasteiger partial charge in [-0.1, -0.05) is 26.2 Å². The smallest absolute Gasteiger partial charge is 0.252 e. The van der Waals surface area contributed by atoms with Crippen molar-refractivity contribution in [2.75, 3.05) is 11.9 Å². The van der Waals surface area contributed by atoms with Crippen molar-refractivity contribution in [2.45, 2.75) is 39.0 Å². The van der Waals surface area contributed by atoms with Gasteiger partial charge >= 0.3 is 0 Å². The summed E-state index contributed by atoms with van der Waals surface area (Å²) in [6, 6.07) is 1.51. The summed E-state index contributed by atoms with van der Waals surface area (Å²) in [6.07, 6.45) is 7.97. The molecule has 2 rings (SSSR count). The van der Waals surface area contributed by atoms with Gasteiger partial charge in [0.15, 0.2) is 0 Å². The Morgan fingerprint density at radius 1 is 1.44 bits per heavy atom. The first-order chi connectivity index (χ1) is 7.68. The maximum absolute atomic E-state index is 11.1. The van der Waals surface area contributed by atoms with Gasteiger partial charge in [-0.2, -0.15) is 0 Å². The molecule has 1 saturated carbocycles. The molecule has 0 spiro atoms. The number of anilines is 1. The number of hydrogen-bond donors (Lipinski definition) is 2. The lowest BCUT2D eigenvalue weighted by atomic mass is 9.76. The predicted octanol–water partition coefficient (Wildman–Crippen LogP) is 2.15. The zero-order valence-corrected chi connectivity index (χ0v) is 9.75. The zero-order chi connectivity index (χ0) is 11.4. The number of nitrogens with one attached hydrogen (secondary N) is 2. The maximum atomic E-state index is 11.1. The molecule has 0 unspecified atom stereocenters. The van der Waals surface area contributed by atoms with E-state index in [1.165, 1.54) is 44.5 Å². The fourth-order valence-electron chi connectivity index (χ4n) is 2.35. The van der Waals surface area contributed by atoms with Crippen LogP contribution in [0.5, 0.6) is 0 Å². The van der Waals surface area contributed by atoms with E-state index in [4.69, 9.17) is 0 Å². The normalized spacial score (nSPS) is 19.3. The Hall–Kier alpha value is -1.32. The summed E-state index contributed by atoms with van der Waals surface area (Å²) < 4.78 is 0. The first kappa shape index (κ1) is 11.2. The van der Waals surface area contributed by atoms with Crippen LogP contribution in [0.2, 0.25) is 0 Å². The molecule has 1 aromatic rings. The summed E-state index contributed by atoms with van der Waals surface area (Å²) in [6.45, 7) is 3.22. The molecule has 1 aliphatic rings. The van der Waals surface area contributed by atoms with Crippen molar-refractivity contribution in [1.82, 2.24) is 9.97 Å². The first-order valence-electron chi connectivity index (χ1n) is 5.97. The van der Waals surface area contributed by atoms with Crippen LogP contribution >= 0.6 is 0 Å². The van der Waals surface area contributed by atoms with Gasteiger partial charge in [-0.25, -0.2) is 4.98 Å². The third-order valence-corrected chi connectivity index (χ3v) is 3.44. The Bertz CT molecular complexity index is 393. The van der Waals surface area contributed by atoms with Gasteiger partial charge in [-0.3, -0.25) is 4.79 Å². The van der Waals surface area contributed by atoms with Crippen LogP contribution in [0.25, 0.3) is 0 Å². The van der Waals surface area contributed by atoms with Gasteiger partial charge in [-0.05, 0) is 18.3 Å². The number of hydrogen-bond acceptors (Lipinski definition) is 3. The third kappa shape index (κ3) is 2.84. The Morgan fingerprint density at radius 2 is 2.19 bits per heavy atom. The molecule has 0 bridgehead atoms. The van der Waals surface area contributed by atoms with Gasteiger partial charge in [-0.15, -0.1) is 0 Å². The SMILES string of the molecule is CC1(CNc2cc(=O)[nH]cn2)CCCCC1. The molecule has 0 radical (unpaired) electrons. The fraction of sp³-hybridized carbons (Fsp3) is 0.667. The summed E-state index contributed by atoms with van der Waals surface area (Å²) in [7, 11) is 0. The van der Waals surface area contributed by atoms with E-state index in [0.29, 0.717) is 11.2 Å². The molecule has 1 fully saturated rings. The average Bonchev–Trinajstić information content (AvgIpc) is 2.28. The number of H-pyrrole nitrogens is 1. The lowest BCUT2D eigenvalue weighted by Gasteiger charge is -2.33. The molecule has 0 saturated heterocycles. The summed E-state index contributed by atoms with van der Waals surface area (Å²) in [5, 5.41) is 3.26. The molecule has 0 aliphatic heterocycles. The average molecular weight is 221 g/mol. The van der Waals surface area contributed by atoms with Crippen LogP contribution in [0.1, 0.15) is 39.0 Å². The predicted molar refractivity (Wildman–Crippen MR) is 64.5 cm³/mol. The van der Waals surface area contributed by atoms with Crippen molar-refractivity contribution in [1.29, 1.82) is 0 Å². The number of aromatic nitrogens is 2. The second-order valence-corrected chi connectivity index (χ2v) is 5.02. The number of nitrogens with zero attached hydrogens (tertiary/aromatic N) is 1. The molecule has 1 aliphatic carbocycles. The van der Waals surface area contributed by atoms with Gasteiger partial charge < -0.3 is 10.3 Å². The lowest BCUT2D eigenvalue weighted by Crippen LogP contribution is -2.29. The van der Waals surface area contributed by atoms with E-state index in [1.54, 1.807) is 0 Å². The van der Waals surface area contributed by atoms with Gasteiger partial charge in [0.25, 0.3) is 5.56 Å². The minimum Gasteiger partial charge on any atom is -0.369 e. The molecule has 0 amide bonds. The summed E-state index contributed by atoms with van der Waals surface area (Å²) in [5.41, 5.74) is 0.258. The summed E-state index contributed by atoms with van der Waals surface area (Å²) in [4.78, 5) is 17.7. The second-order valence-electron chi connectivity index (χ2n) is 5.02. The number of aromatic amines is 1. The molecule has 4 nitrogen and oxygen atoms in total. The monoisotopic (exact) mass is 221 g/mol. The van der Waals surface area contributed by atoms with E-state index in [1.807, 2.05) is 0 Å². The summed E-state index contributed by atoms with van der Waals surface area (Å²) in [5.74, 6) is 0.676. The van der Waals surface area contributed by atoms with Crippen LogP contribution in [0.15, 0.2) is 17.2 Å². The Balaban J connectivity index is 1.93. The van der Waals surface area contributed by atoms with Crippen LogP contribution < -0.4 is 10.9 Å². The molecule has 1 heterocycles. The van der Waals surface area contributed by atoms with Crippen molar-refractivity contribution in [3.05, 3.63) is 22.7 Å². The third-order valence-electron chi connectivity index (χ3n) is 3.44. The highest BCUT2D eigenvalue weighted by atomic mass is 16.1. The van der Waals surface area contributed by atoms with Crippen LogP contribution in [0.3, 0.4) is 0 Å². The van der Waals surface area contributed by atoms with Crippen molar-refractivity contribution in [3.63, 3.8) is 0 Å². The largest absolute Gasteiger partial charge is 0.369 e. The van der Waals surface area contributed by atoms with E-state index in [2.05, 4.69) is 22.2 Å². The topological polar surface area (TPSA) is 57.8 Å². The molecule has 2 N–H and O–H groups in total. The van der Waals surface area contributed by atoms with E-state index < -0.39 is 0 Å². The number of rotatable bonds is 3. The van der Waals surface area contributed by atoms with Gasteiger partial charge in [0, 0.05) is 12.6 Å². The van der Waals surface area contributed by atoms with Gasteiger partial charge in [0.2, 0.25) is 0 Å². The van der Waals surface area contributed by atoms with Gasteiger partial charge in [0.1, 0.15) is 5.82 Å². The van der Waals surface area contributed by atoms with Crippen LogP contribution in [-0.4, -0.2) is 16.5 Å². The molecular weight excluding hydrogens is 202 g/mol. The van der Waals surface area contributed by atoms with Crippen molar-refractivity contribution in [2.24, 2.45) is 5.41 Å². The van der Waals surface area contributed by atoms with Crippen LogP contribution in [-0.2, 0) is 0 Å². The Labute approximate surface area is 95.5 Å². The minimum atomic E-state index is -0.105. The first-order valence-corrected chi connectivity index (χ1v) is 5.97. The van der Waals surface area contributed by atoms with E-state index in [0.717, 1.165) is 6.54 Å². The van der Waals surface area contributed by atoms with Crippen molar-refractivity contribution < 1.29 is 0 Å². The molecular formula is C12H19N3O. The van der Waals surface area contributed by atoms with Crippen molar-refractivity contribution >= 4 is 5.82 Å². The second kappa shape index (κ2) is 4.68. The molecule has 0 atom stereocenters. The Kier molecular flexibility index (Phi) is 3.27. The maximum Gasteiger partial charge on any atom is 0.252 e. The fourth-order valence-corrected chi connectivity index (χ4v) is 2.35. The quantitative estimate of drug-likeness (QED) is 0.822. The molecule has 0 aromatic carbocycles. The van der Waals surface area contributed by atoms with Crippen LogP contribution in [0, 0.1) is 5.41 Å². The van der Waals surface area contributed by atoms with E-state index >= 15 is 0 Å². The van der Waals surface area contributed by atoms with Gasteiger partial charge in [0.05, 0.1) is 6.33 Å². The standard InChI is InChI=1S/C12H19N3O/c1-12(5-3-2-4-6-12)8-13-10-7-11(16)15-9-14-10/h7,9H,2-6,8H2,1H3,(H2,13,14,15,16). The molecule has 88 valence electrons.